The van der Waals surface area contributed by atoms with Crippen LogP contribution in [0.5, 0.6) is 0 Å². The summed E-state index contributed by atoms with van der Waals surface area (Å²) in [6.07, 6.45) is 1.53. The van der Waals surface area contributed by atoms with Crippen LogP contribution in [-0.2, 0) is 4.79 Å². The lowest BCUT2D eigenvalue weighted by molar-refractivity contribution is -0.120. The summed E-state index contributed by atoms with van der Waals surface area (Å²) in [6, 6.07) is 5.62. The van der Waals surface area contributed by atoms with Crippen LogP contribution in [0.2, 0.25) is 0 Å². The molecule has 0 bridgehead atoms. The number of amides is 1. The topological polar surface area (TPSA) is 55.1 Å². The highest BCUT2D eigenvalue weighted by atomic mass is 79.9. The molecule has 1 aromatic rings. The van der Waals surface area contributed by atoms with Gasteiger partial charge in [0.05, 0.1) is 11.2 Å². The van der Waals surface area contributed by atoms with E-state index >= 15 is 0 Å². The van der Waals surface area contributed by atoms with Gasteiger partial charge in [0.1, 0.15) is 0 Å². The van der Waals surface area contributed by atoms with Crippen molar-refractivity contribution in [2.75, 3.05) is 5.32 Å². The Kier molecular flexibility index (Phi) is 5.16. The van der Waals surface area contributed by atoms with Crippen LogP contribution in [-0.4, -0.2) is 11.4 Å². The number of halogens is 2. The predicted molar refractivity (Wildman–Crippen MR) is 78.0 cm³/mol. The van der Waals surface area contributed by atoms with E-state index in [1.807, 2.05) is 25.1 Å². The molecule has 0 aliphatic rings. The molecule has 1 aromatic carbocycles. The summed E-state index contributed by atoms with van der Waals surface area (Å²) in [7, 11) is 0. The molecule has 1 amide bonds. The molecule has 5 heteroatoms. The van der Waals surface area contributed by atoms with Crippen LogP contribution in [0.25, 0.3) is 0 Å². The molecule has 0 heterocycles. The number of nitrogens with two attached hydrogens (primary N) is 1. The van der Waals surface area contributed by atoms with Crippen molar-refractivity contribution in [3.8, 4) is 0 Å². The minimum absolute atomic E-state index is 0.174. The van der Waals surface area contributed by atoms with E-state index in [0.29, 0.717) is 12.1 Å². The third-order valence-corrected chi connectivity index (χ3v) is 3.81. The molecule has 0 saturated carbocycles. The molecule has 1 rings (SSSR count). The van der Waals surface area contributed by atoms with E-state index in [2.05, 4.69) is 37.2 Å². The van der Waals surface area contributed by atoms with Gasteiger partial charge in [0.25, 0.3) is 0 Å². The average molecular weight is 364 g/mol. The van der Waals surface area contributed by atoms with Crippen LogP contribution < -0.4 is 11.1 Å². The first-order valence-electron chi connectivity index (χ1n) is 5.43. The molecule has 0 radical (unpaired) electrons. The second-order valence-electron chi connectivity index (χ2n) is 4.22. The van der Waals surface area contributed by atoms with Crippen molar-refractivity contribution >= 4 is 43.5 Å². The van der Waals surface area contributed by atoms with Crippen LogP contribution in [0.1, 0.15) is 26.7 Å². The molecule has 1 unspecified atom stereocenters. The molecule has 0 spiro atoms. The van der Waals surface area contributed by atoms with Crippen LogP contribution in [0.4, 0.5) is 5.69 Å². The number of benzene rings is 1. The van der Waals surface area contributed by atoms with Crippen LogP contribution in [0.3, 0.4) is 0 Å². The van der Waals surface area contributed by atoms with Gasteiger partial charge in [-0.2, -0.15) is 0 Å². The lowest BCUT2D eigenvalue weighted by atomic mass is 9.96. The van der Waals surface area contributed by atoms with Gasteiger partial charge in [-0.1, -0.05) is 19.4 Å². The highest BCUT2D eigenvalue weighted by molar-refractivity contribution is 9.11. The Morgan fingerprint density at radius 2 is 1.94 bits per heavy atom. The van der Waals surface area contributed by atoms with Gasteiger partial charge in [-0.3, -0.25) is 4.79 Å². The summed E-state index contributed by atoms with van der Waals surface area (Å²) >= 11 is 6.79. The molecular formula is C12H16Br2N2O. The molecule has 1 atom stereocenters. The Morgan fingerprint density at radius 3 is 2.41 bits per heavy atom. The minimum Gasteiger partial charge on any atom is -0.323 e. The number of carbonyl (C=O) groups excluding carboxylic acids is 1. The smallest absolute Gasteiger partial charge is 0.244 e. The summed E-state index contributed by atoms with van der Waals surface area (Å²) in [6.45, 7) is 3.75. The Morgan fingerprint density at radius 1 is 1.41 bits per heavy atom. The van der Waals surface area contributed by atoms with Gasteiger partial charge in [0.2, 0.25) is 5.91 Å². The summed E-state index contributed by atoms with van der Waals surface area (Å²) in [5.74, 6) is -0.174. The van der Waals surface area contributed by atoms with E-state index in [1.54, 1.807) is 6.92 Å². The zero-order valence-corrected chi connectivity index (χ0v) is 13.1. The Labute approximate surface area is 118 Å². The third kappa shape index (κ3) is 3.79. The van der Waals surface area contributed by atoms with Gasteiger partial charge >= 0.3 is 0 Å². The molecule has 0 aliphatic heterocycles. The lowest BCUT2D eigenvalue weighted by Gasteiger charge is -2.23. The first-order chi connectivity index (χ1) is 7.88. The number of carbonyl (C=O) groups is 1. The monoisotopic (exact) mass is 362 g/mol. The van der Waals surface area contributed by atoms with E-state index < -0.39 is 5.54 Å². The summed E-state index contributed by atoms with van der Waals surface area (Å²) < 4.78 is 1.65. The normalized spacial score (nSPS) is 14.2. The fourth-order valence-corrected chi connectivity index (χ4v) is 2.70. The number of hydrogen-bond acceptors (Lipinski definition) is 2. The van der Waals surface area contributed by atoms with Gasteiger partial charge in [0.15, 0.2) is 0 Å². The van der Waals surface area contributed by atoms with Crippen molar-refractivity contribution in [2.45, 2.75) is 32.2 Å². The second-order valence-corrected chi connectivity index (χ2v) is 5.93. The van der Waals surface area contributed by atoms with Crippen molar-refractivity contribution in [3.05, 3.63) is 27.1 Å². The fraction of sp³-hybridized carbons (Fsp3) is 0.417. The van der Waals surface area contributed by atoms with Crippen molar-refractivity contribution in [1.29, 1.82) is 0 Å². The molecule has 17 heavy (non-hydrogen) atoms. The summed E-state index contributed by atoms with van der Waals surface area (Å²) in [5.41, 5.74) is 5.85. The van der Waals surface area contributed by atoms with E-state index in [1.165, 1.54) is 0 Å². The Bertz CT molecular complexity index is 399. The Balaban J connectivity index is 2.88. The largest absolute Gasteiger partial charge is 0.323 e. The first-order valence-corrected chi connectivity index (χ1v) is 7.01. The molecule has 3 nitrogen and oxygen atoms in total. The number of rotatable bonds is 4. The van der Waals surface area contributed by atoms with Crippen molar-refractivity contribution in [3.63, 3.8) is 0 Å². The standard InChI is InChI=1S/C12H16Br2N2O/c1-3-7-12(2,15)11(17)16-10-8(13)5-4-6-9(10)14/h4-6H,3,7,15H2,1-2H3,(H,16,17). The van der Waals surface area contributed by atoms with Crippen LogP contribution in [0.15, 0.2) is 27.1 Å². The molecule has 0 aliphatic carbocycles. The van der Waals surface area contributed by atoms with Crippen molar-refractivity contribution in [1.82, 2.24) is 0 Å². The van der Waals surface area contributed by atoms with E-state index in [4.69, 9.17) is 5.73 Å². The van der Waals surface area contributed by atoms with Gasteiger partial charge < -0.3 is 11.1 Å². The van der Waals surface area contributed by atoms with E-state index in [9.17, 15) is 4.79 Å². The Hall–Kier alpha value is -0.390. The first kappa shape index (κ1) is 14.7. The van der Waals surface area contributed by atoms with E-state index in [-0.39, 0.29) is 5.91 Å². The summed E-state index contributed by atoms with van der Waals surface area (Å²) in [4.78, 5) is 12.1. The van der Waals surface area contributed by atoms with Gasteiger partial charge in [-0.05, 0) is 57.3 Å². The van der Waals surface area contributed by atoms with Crippen molar-refractivity contribution in [2.24, 2.45) is 5.73 Å². The van der Waals surface area contributed by atoms with Crippen LogP contribution in [0, 0.1) is 0 Å². The molecule has 94 valence electrons. The maximum atomic E-state index is 12.1. The number of anilines is 1. The predicted octanol–water partition coefficient (Wildman–Crippen LogP) is 3.67. The SMILES string of the molecule is CCCC(C)(N)C(=O)Nc1c(Br)cccc1Br. The second kappa shape index (κ2) is 5.98. The molecule has 0 fully saturated rings. The quantitative estimate of drug-likeness (QED) is 0.857. The fourth-order valence-electron chi connectivity index (χ4n) is 1.51. The van der Waals surface area contributed by atoms with E-state index in [0.717, 1.165) is 15.4 Å². The third-order valence-electron chi connectivity index (χ3n) is 2.49. The highest BCUT2D eigenvalue weighted by Gasteiger charge is 2.27. The molecule has 0 aromatic heterocycles. The zero-order chi connectivity index (χ0) is 13.1. The molecule has 0 saturated heterocycles. The molecular weight excluding hydrogens is 348 g/mol. The summed E-state index contributed by atoms with van der Waals surface area (Å²) in [5, 5.41) is 2.85. The number of nitrogens with one attached hydrogen (secondary N) is 1. The van der Waals surface area contributed by atoms with Gasteiger partial charge in [-0.25, -0.2) is 0 Å². The lowest BCUT2D eigenvalue weighted by Crippen LogP contribution is -2.48. The number of para-hydroxylation sites is 1. The minimum atomic E-state index is -0.844. The maximum absolute atomic E-state index is 12.1. The average Bonchev–Trinajstić information content (AvgIpc) is 2.23. The zero-order valence-electron chi connectivity index (χ0n) is 9.89. The molecule has 3 N–H and O–H groups in total. The van der Waals surface area contributed by atoms with Crippen molar-refractivity contribution < 1.29 is 4.79 Å². The number of hydrogen-bond donors (Lipinski definition) is 2. The van der Waals surface area contributed by atoms with Gasteiger partial charge in [-0.15, -0.1) is 0 Å². The highest BCUT2D eigenvalue weighted by Crippen LogP contribution is 2.31. The van der Waals surface area contributed by atoms with Gasteiger partial charge in [0, 0.05) is 8.95 Å². The van der Waals surface area contributed by atoms with Crippen LogP contribution >= 0.6 is 31.9 Å². The maximum Gasteiger partial charge on any atom is 0.244 e.